The van der Waals surface area contributed by atoms with Crippen molar-refractivity contribution >= 4 is 5.91 Å². The van der Waals surface area contributed by atoms with E-state index in [1.807, 2.05) is 25.1 Å². The van der Waals surface area contributed by atoms with Crippen molar-refractivity contribution in [2.45, 2.75) is 32.7 Å². The fraction of sp³-hybridized carbons (Fsp3) is 0.562. The molecular weight excluding hydrogens is 252 g/mol. The molecule has 1 heterocycles. The van der Waals surface area contributed by atoms with Crippen LogP contribution >= 0.6 is 0 Å². The molecule has 110 valence electrons. The number of carbonyl (C=O) groups excluding carboxylic acids is 1. The van der Waals surface area contributed by atoms with Crippen LogP contribution in [0.1, 0.15) is 32.3 Å². The fourth-order valence-electron chi connectivity index (χ4n) is 2.27. The molecule has 0 radical (unpaired) electrons. The van der Waals surface area contributed by atoms with Crippen molar-refractivity contribution in [1.82, 2.24) is 10.6 Å². The maximum atomic E-state index is 11.9. The minimum Gasteiger partial charge on any atom is -0.493 e. The number of amides is 1. The van der Waals surface area contributed by atoms with E-state index in [9.17, 15) is 4.79 Å². The zero-order valence-corrected chi connectivity index (χ0v) is 12.5. The van der Waals surface area contributed by atoms with Crippen LogP contribution in [0.4, 0.5) is 0 Å². The first kappa shape index (κ1) is 14.9. The fourth-order valence-corrected chi connectivity index (χ4v) is 2.27. The van der Waals surface area contributed by atoms with Gasteiger partial charge in [-0.25, -0.2) is 0 Å². The number of carbonyl (C=O) groups is 1. The van der Waals surface area contributed by atoms with Crippen molar-refractivity contribution in [2.24, 2.45) is 5.92 Å². The number of hydrogen-bond acceptors (Lipinski definition) is 3. The molecule has 0 bridgehead atoms. The van der Waals surface area contributed by atoms with Crippen LogP contribution in [0.25, 0.3) is 0 Å². The molecule has 4 nitrogen and oxygen atoms in total. The molecule has 0 saturated carbocycles. The smallest absolute Gasteiger partial charge is 0.236 e. The molecule has 2 unspecified atom stereocenters. The second-order valence-corrected chi connectivity index (χ2v) is 5.81. The maximum Gasteiger partial charge on any atom is 0.236 e. The standard InChI is InChI=1S/C16H24N2O2/c1-11(2)8-18-16(19)12(3)17-9-13-10-20-15-7-5-4-6-14(13)15/h4-7,11-13,17H,8-10H2,1-3H3,(H,18,19). The third kappa shape index (κ3) is 3.73. The number of rotatable bonds is 6. The first-order chi connectivity index (χ1) is 9.58. The number of benzene rings is 1. The summed E-state index contributed by atoms with van der Waals surface area (Å²) in [6.07, 6.45) is 0. The topological polar surface area (TPSA) is 50.4 Å². The average Bonchev–Trinajstić information content (AvgIpc) is 2.85. The van der Waals surface area contributed by atoms with E-state index in [0.29, 0.717) is 18.4 Å². The number of para-hydroxylation sites is 1. The predicted octanol–water partition coefficient (Wildman–Crippen LogP) is 1.91. The van der Waals surface area contributed by atoms with Crippen LogP contribution in [0, 0.1) is 5.92 Å². The Balaban J connectivity index is 1.80. The van der Waals surface area contributed by atoms with Crippen molar-refractivity contribution in [3.8, 4) is 5.75 Å². The predicted molar refractivity (Wildman–Crippen MR) is 80.0 cm³/mol. The molecule has 0 saturated heterocycles. The number of fused-ring (bicyclic) bond motifs is 1. The minimum absolute atomic E-state index is 0.0610. The number of ether oxygens (including phenoxy) is 1. The molecule has 1 aliphatic rings. The Morgan fingerprint density at radius 1 is 1.35 bits per heavy atom. The van der Waals surface area contributed by atoms with Crippen LogP contribution in [0.2, 0.25) is 0 Å². The van der Waals surface area contributed by atoms with Gasteiger partial charge in [-0.1, -0.05) is 32.0 Å². The highest BCUT2D eigenvalue weighted by atomic mass is 16.5. The molecule has 2 rings (SSSR count). The third-order valence-corrected chi connectivity index (χ3v) is 3.55. The second-order valence-electron chi connectivity index (χ2n) is 5.81. The average molecular weight is 276 g/mol. The Hall–Kier alpha value is -1.55. The zero-order valence-electron chi connectivity index (χ0n) is 12.5. The minimum atomic E-state index is -0.179. The lowest BCUT2D eigenvalue weighted by atomic mass is 10.0. The lowest BCUT2D eigenvalue weighted by Gasteiger charge is -2.17. The Bertz CT molecular complexity index is 460. The van der Waals surface area contributed by atoms with Crippen molar-refractivity contribution < 1.29 is 9.53 Å². The van der Waals surface area contributed by atoms with Gasteiger partial charge >= 0.3 is 0 Å². The van der Waals surface area contributed by atoms with Gasteiger partial charge in [-0.15, -0.1) is 0 Å². The molecule has 0 aromatic heterocycles. The summed E-state index contributed by atoms with van der Waals surface area (Å²) in [4.78, 5) is 11.9. The monoisotopic (exact) mass is 276 g/mol. The molecule has 1 aromatic rings. The summed E-state index contributed by atoms with van der Waals surface area (Å²) in [6.45, 7) is 8.24. The summed E-state index contributed by atoms with van der Waals surface area (Å²) in [5.74, 6) is 1.83. The Morgan fingerprint density at radius 3 is 2.85 bits per heavy atom. The molecule has 0 spiro atoms. The normalized spacial score (nSPS) is 18.5. The van der Waals surface area contributed by atoms with E-state index < -0.39 is 0 Å². The largest absolute Gasteiger partial charge is 0.493 e. The second kappa shape index (κ2) is 6.75. The summed E-state index contributed by atoms with van der Waals surface area (Å²) in [6, 6.07) is 7.92. The van der Waals surface area contributed by atoms with Crippen LogP contribution in [-0.4, -0.2) is 31.6 Å². The number of hydrogen-bond donors (Lipinski definition) is 2. The van der Waals surface area contributed by atoms with Gasteiger partial charge in [0.05, 0.1) is 12.6 Å². The van der Waals surface area contributed by atoms with Gasteiger partial charge in [0.1, 0.15) is 5.75 Å². The van der Waals surface area contributed by atoms with Gasteiger partial charge in [0.15, 0.2) is 0 Å². The summed E-state index contributed by atoms with van der Waals surface area (Å²) < 4.78 is 5.64. The van der Waals surface area contributed by atoms with E-state index in [4.69, 9.17) is 4.74 Å². The van der Waals surface area contributed by atoms with Crippen LogP contribution in [0.3, 0.4) is 0 Å². The highest BCUT2D eigenvalue weighted by Crippen LogP contribution is 2.32. The Labute approximate surface area is 120 Å². The lowest BCUT2D eigenvalue weighted by molar-refractivity contribution is -0.122. The molecule has 0 aliphatic carbocycles. The zero-order chi connectivity index (χ0) is 14.5. The SMILES string of the molecule is CC(C)CNC(=O)C(C)NCC1COc2ccccc21. The summed E-state index contributed by atoms with van der Waals surface area (Å²) in [7, 11) is 0. The molecular formula is C16H24N2O2. The highest BCUT2D eigenvalue weighted by Gasteiger charge is 2.24. The first-order valence-electron chi connectivity index (χ1n) is 7.30. The summed E-state index contributed by atoms with van der Waals surface area (Å²) >= 11 is 0. The van der Waals surface area contributed by atoms with E-state index in [1.54, 1.807) is 0 Å². The molecule has 1 aromatic carbocycles. The number of nitrogens with one attached hydrogen (secondary N) is 2. The Morgan fingerprint density at radius 2 is 2.10 bits per heavy atom. The van der Waals surface area contributed by atoms with Crippen LogP contribution < -0.4 is 15.4 Å². The Kier molecular flexibility index (Phi) is 5.01. The van der Waals surface area contributed by atoms with Gasteiger partial charge in [0, 0.05) is 24.6 Å². The van der Waals surface area contributed by atoms with Crippen molar-refractivity contribution in [3.63, 3.8) is 0 Å². The summed E-state index contributed by atoms with van der Waals surface area (Å²) in [5.41, 5.74) is 1.23. The van der Waals surface area contributed by atoms with E-state index in [2.05, 4.69) is 30.5 Å². The molecule has 0 fully saturated rings. The van der Waals surface area contributed by atoms with Gasteiger partial charge in [-0.2, -0.15) is 0 Å². The van der Waals surface area contributed by atoms with Gasteiger partial charge in [0.2, 0.25) is 5.91 Å². The van der Waals surface area contributed by atoms with E-state index >= 15 is 0 Å². The van der Waals surface area contributed by atoms with Crippen molar-refractivity contribution in [1.29, 1.82) is 0 Å². The van der Waals surface area contributed by atoms with Crippen molar-refractivity contribution in [2.75, 3.05) is 19.7 Å². The van der Waals surface area contributed by atoms with E-state index in [1.165, 1.54) is 5.56 Å². The molecule has 20 heavy (non-hydrogen) atoms. The molecule has 1 amide bonds. The van der Waals surface area contributed by atoms with Gasteiger partial charge < -0.3 is 15.4 Å². The molecule has 2 atom stereocenters. The van der Waals surface area contributed by atoms with Gasteiger partial charge in [-0.05, 0) is 18.9 Å². The molecule has 2 N–H and O–H groups in total. The van der Waals surface area contributed by atoms with Gasteiger partial charge in [0.25, 0.3) is 0 Å². The molecule has 1 aliphatic heterocycles. The lowest BCUT2D eigenvalue weighted by Crippen LogP contribution is -2.44. The summed E-state index contributed by atoms with van der Waals surface area (Å²) in [5, 5.41) is 6.24. The van der Waals surface area contributed by atoms with Crippen LogP contribution in [0.5, 0.6) is 5.75 Å². The van der Waals surface area contributed by atoms with Gasteiger partial charge in [-0.3, -0.25) is 4.79 Å². The van der Waals surface area contributed by atoms with E-state index in [-0.39, 0.29) is 11.9 Å². The highest BCUT2D eigenvalue weighted by molar-refractivity contribution is 5.81. The maximum absolute atomic E-state index is 11.9. The quantitative estimate of drug-likeness (QED) is 0.834. The molecule has 4 heteroatoms. The van der Waals surface area contributed by atoms with Crippen molar-refractivity contribution in [3.05, 3.63) is 29.8 Å². The van der Waals surface area contributed by atoms with Crippen LogP contribution in [-0.2, 0) is 4.79 Å². The first-order valence-corrected chi connectivity index (χ1v) is 7.30. The third-order valence-electron chi connectivity index (χ3n) is 3.55. The van der Waals surface area contributed by atoms with Crippen LogP contribution in [0.15, 0.2) is 24.3 Å². The van der Waals surface area contributed by atoms with E-state index in [0.717, 1.165) is 18.8 Å².